The van der Waals surface area contributed by atoms with Crippen LogP contribution in [0.4, 0.5) is 13.2 Å². The Kier molecular flexibility index (Phi) is 5.36. The Hall–Kier alpha value is -3.29. The summed E-state index contributed by atoms with van der Waals surface area (Å²) < 4.78 is 54.3. The van der Waals surface area contributed by atoms with E-state index in [4.69, 9.17) is 9.26 Å². The minimum Gasteiger partial charge on any atom is -0.490 e. The zero-order valence-corrected chi connectivity index (χ0v) is 17.6. The molecule has 0 bridgehead atoms. The summed E-state index contributed by atoms with van der Waals surface area (Å²) in [5, 5.41) is 4.92. The van der Waals surface area contributed by atoms with Gasteiger partial charge in [-0.2, -0.15) is 4.98 Å². The van der Waals surface area contributed by atoms with Gasteiger partial charge in [-0.25, -0.2) is 13.2 Å². The van der Waals surface area contributed by atoms with Crippen LogP contribution in [-0.4, -0.2) is 27.5 Å². The Morgan fingerprint density at radius 1 is 1.09 bits per heavy atom. The predicted molar refractivity (Wildman–Crippen MR) is 113 cm³/mol. The molecule has 0 amide bonds. The Labute approximate surface area is 182 Å². The maximum absolute atomic E-state index is 14.9. The molecule has 0 spiro atoms. The molecule has 1 aliphatic carbocycles. The number of aromatic nitrogens is 3. The average molecular weight is 441 g/mol. The van der Waals surface area contributed by atoms with Gasteiger partial charge in [0.1, 0.15) is 24.0 Å². The average Bonchev–Trinajstić information content (AvgIpc) is 3.33. The second-order valence-corrected chi connectivity index (χ2v) is 8.14. The van der Waals surface area contributed by atoms with Gasteiger partial charge in [-0.1, -0.05) is 5.16 Å². The van der Waals surface area contributed by atoms with Crippen LogP contribution in [0.2, 0.25) is 0 Å². The van der Waals surface area contributed by atoms with Gasteiger partial charge in [-0.3, -0.25) is 0 Å². The molecule has 0 saturated heterocycles. The van der Waals surface area contributed by atoms with E-state index in [1.165, 1.54) is 5.56 Å². The number of hydrogen-bond donors (Lipinski definition) is 0. The molecule has 0 N–H and O–H groups in total. The molecular weight excluding hydrogens is 419 g/mol. The van der Waals surface area contributed by atoms with Gasteiger partial charge in [-0.05, 0) is 56.4 Å². The lowest BCUT2D eigenvalue weighted by Gasteiger charge is -2.18. The summed E-state index contributed by atoms with van der Waals surface area (Å²) >= 11 is 0. The van der Waals surface area contributed by atoms with Crippen molar-refractivity contribution >= 4 is 10.9 Å². The highest BCUT2D eigenvalue weighted by Gasteiger charge is 2.23. The molecule has 2 heterocycles. The summed E-state index contributed by atoms with van der Waals surface area (Å²) in [5.74, 6) is -0.510. The van der Waals surface area contributed by atoms with Gasteiger partial charge in [0.05, 0.1) is 6.54 Å². The van der Waals surface area contributed by atoms with Crippen molar-refractivity contribution < 1.29 is 22.4 Å². The third kappa shape index (κ3) is 3.97. The van der Waals surface area contributed by atoms with E-state index >= 15 is 0 Å². The number of aryl methyl sites for hydroxylation is 2. The van der Waals surface area contributed by atoms with E-state index in [0.29, 0.717) is 11.7 Å². The van der Waals surface area contributed by atoms with Crippen molar-refractivity contribution in [3.05, 3.63) is 65.1 Å². The van der Waals surface area contributed by atoms with Gasteiger partial charge in [0, 0.05) is 40.4 Å². The van der Waals surface area contributed by atoms with Crippen molar-refractivity contribution in [1.82, 2.24) is 14.7 Å². The highest BCUT2D eigenvalue weighted by Crippen LogP contribution is 2.35. The number of nitrogens with zero attached hydrogens (tertiary/aromatic N) is 3. The summed E-state index contributed by atoms with van der Waals surface area (Å²) in [5.41, 5.74) is 4.13. The lowest BCUT2D eigenvalue weighted by atomic mass is 9.95. The number of hydrogen-bond acceptors (Lipinski definition) is 4. The second-order valence-electron chi connectivity index (χ2n) is 8.14. The smallest absolute Gasteiger partial charge is 0.257 e. The third-order valence-corrected chi connectivity index (χ3v) is 5.80. The van der Waals surface area contributed by atoms with Crippen LogP contribution in [-0.2, 0) is 19.4 Å². The largest absolute Gasteiger partial charge is 0.490 e. The van der Waals surface area contributed by atoms with E-state index in [0.717, 1.165) is 66.0 Å². The van der Waals surface area contributed by atoms with Crippen molar-refractivity contribution in [3.63, 3.8) is 0 Å². The fourth-order valence-corrected chi connectivity index (χ4v) is 4.44. The molecule has 8 heteroatoms. The molecule has 0 fully saturated rings. The second kappa shape index (κ2) is 8.33. The summed E-state index contributed by atoms with van der Waals surface area (Å²) in [6, 6.07) is 8.73. The summed E-state index contributed by atoms with van der Waals surface area (Å²) in [6.07, 6.45) is 2.60. The van der Waals surface area contributed by atoms with Gasteiger partial charge in [0.2, 0.25) is 0 Å². The molecule has 0 aliphatic heterocycles. The van der Waals surface area contributed by atoms with Crippen LogP contribution in [0.25, 0.3) is 22.4 Å². The quantitative estimate of drug-likeness (QED) is 0.392. The van der Waals surface area contributed by atoms with Gasteiger partial charge < -0.3 is 13.8 Å². The highest BCUT2D eigenvalue weighted by atomic mass is 19.1. The maximum Gasteiger partial charge on any atom is 0.257 e. The molecule has 5 nitrogen and oxygen atoms in total. The van der Waals surface area contributed by atoms with Crippen LogP contribution in [0, 0.1) is 18.6 Å². The van der Waals surface area contributed by atoms with E-state index in [2.05, 4.69) is 10.1 Å². The van der Waals surface area contributed by atoms with Crippen LogP contribution in [0.1, 0.15) is 29.9 Å². The van der Waals surface area contributed by atoms with E-state index in [-0.39, 0.29) is 18.9 Å². The molecule has 1 atom stereocenters. The van der Waals surface area contributed by atoms with Crippen molar-refractivity contribution in [2.24, 2.45) is 0 Å². The lowest BCUT2D eigenvalue weighted by molar-refractivity contribution is 0.178. The number of halogens is 3. The Morgan fingerprint density at radius 2 is 1.88 bits per heavy atom. The maximum atomic E-state index is 14.9. The molecule has 5 rings (SSSR count). The van der Waals surface area contributed by atoms with Gasteiger partial charge in [-0.15, -0.1) is 0 Å². The SMILES string of the molecule is Cc1noc(-c2ccc3c(c2)c2c(n3CC(F)COc3cc(F)cc(F)c3)CCCC2)n1. The highest BCUT2D eigenvalue weighted by molar-refractivity contribution is 5.89. The standard InChI is InChI=1S/C24H22F3N3O2/c1-14-28-24(32-29-14)15-6-7-23-21(8-15)20-4-2-3-5-22(20)30(23)12-18(27)13-31-19-10-16(25)9-17(26)11-19/h6-11,18H,2-5,12-13H2,1H3. The number of ether oxygens (including phenoxy) is 1. The monoisotopic (exact) mass is 441 g/mol. The first-order chi connectivity index (χ1) is 15.5. The van der Waals surface area contributed by atoms with Gasteiger partial charge in [0.15, 0.2) is 12.0 Å². The lowest BCUT2D eigenvalue weighted by Crippen LogP contribution is -2.21. The predicted octanol–water partition coefficient (Wildman–Crippen LogP) is 5.57. The third-order valence-electron chi connectivity index (χ3n) is 5.80. The zero-order valence-electron chi connectivity index (χ0n) is 17.6. The molecule has 0 radical (unpaired) electrons. The van der Waals surface area contributed by atoms with Crippen molar-refractivity contribution in [2.45, 2.75) is 45.3 Å². The van der Waals surface area contributed by atoms with Crippen molar-refractivity contribution in [3.8, 4) is 17.2 Å². The van der Waals surface area contributed by atoms with E-state index in [9.17, 15) is 13.2 Å². The molecule has 166 valence electrons. The van der Waals surface area contributed by atoms with Crippen LogP contribution >= 0.6 is 0 Å². The number of alkyl halides is 1. The fourth-order valence-electron chi connectivity index (χ4n) is 4.44. The first kappa shape index (κ1) is 20.6. The van der Waals surface area contributed by atoms with Crippen LogP contribution in [0.3, 0.4) is 0 Å². The topological polar surface area (TPSA) is 53.1 Å². The number of rotatable bonds is 6. The fraction of sp³-hybridized carbons (Fsp3) is 0.333. The van der Waals surface area contributed by atoms with Crippen LogP contribution in [0.15, 0.2) is 40.9 Å². The molecule has 32 heavy (non-hydrogen) atoms. The van der Waals surface area contributed by atoms with E-state index in [1.54, 1.807) is 6.92 Å². The first-order valence-corrected chi connectivity index (χ1v) is 10.7. The Morgan fingerprint density at radius 3 is 2.62 bits per heavy atom. The molecule has 4 aromatic rings. The Balaban J connectivity index is 1.42. The van der Waals surface area contributed by atoms with Gasteiger partial charge in [0.25, 0.3) is 5.89 Å². The van der Waals surface area contributed by atoms with Crippen LogP contribution in [0.5, 0.6) is 5.75 Å². The summed E-state index contributed by atoms with van der Waals surface area (Å²) in [6.45, 7) is 1.57. The van der Waals surface area contributed by atoms with Crippen molar-refractivity contribution in [2.75, 3.05) is 6.61 Å². The van der Waals surface area contributed by atoms with Gasteiger partial charge >= 0.3 is 0 Å². The normalized spacial score (nSPS) is 14.5. The molecule has 1 unspecified atom stereocenters. The van der Waals surface area contributed by atoms with Crippen molar-refractivity contribution in [1.29, 1.82) is 0 Å². The number of fused-ring (bicyclic) bond motifs is 3. The Bertz CT molecular complexity index is 1260. The molecule has 2 aromatic carbocycles. The van der Waals surface area contributed by atoms with E-state index in [1.807, 2.05) is 22.8 Å². The molecule has 2 aromatic heterocycles. The molecule has 0 saturated carbocycles. The minimum atomic E-state index is -1.35. The first-order valence-electron chi connectivity index (χ1n) is 10.7. The molecular formula is C24H22F3N3O2. The van der Waals surface area contributed by atoms with Crippen LogP contribution < -0.4 is 4.74 Å². The zero-order chi connectivity index (χ0) is 22.2. The number of benzene rings is 2. The molecule has 1 aliphatic rings. The summed E-state index contributed by atoms with van der Waals surface area (Å²) in [4.78, 5) is 4.31. The van der Waals surface area contributed by atoms with E-state index < -0.39 is 17.8 Å². The summed E-state index contributed by atoms with van der Waals surface area (Å²) in [7, 11) is 0. The minimum absolute atomic E-state index is 0.0240.